The number of imidazole rings is 1. The number of ketones is 1. The maximum Gasteiger partial charge on any atom is 0.320 e. The van der Waals surface area contributed by atoms with E-state index in [1.165, 1.54) is 77.0 Å². The molecule has 1 heterocycles. The van der Waals surface area contributed by atoms with E-state index in [0.717, 1.165) is 49.9 Å². The number of carboxylic acid groups (broad SMARTS) is 2. The van der Waals surface area contributed by atoms with Gasteiger partial charge in [0.2, 0.25) is 5.91 Å². The van der Waals surface area contributed by atoms with Gasteiger partial charge in [0.05, 0.1) is 45.3 Å². The van der Waals surface area contributed by atoms with Crippen LogP contribution >= 0.6 is 0 Å². The van der Waals surface area contributed by atoms with Crippen LogP contribution in [-0.2, 0) is 35.1 Å². The zero-order valence-corrected chi connectivity index (χ0v) is 32.9. The Balaban J connectivity index is 1.84. The number of nitrogens with two attached hydrogens (primary N) is 1. The van der Waals surface area contributed by atoms with E-state index < -0.39 is 24.0 Å². The van der Waals surface area contributed by atoms with Crippen molar-refractivity contribution in [1.29, 1.82) is 0 Å². The quantitative estimate of drug-likeness (QED) is 0.0417. The van der Waals surface area contributed by atoms with Gasteiger partial charge >= 0.3 is 11.9 Å². The molecule has 0 aliphatic rings. The SMILES string of the molecule is C=C(COCCOCCNC(=O)CCCCCCCCCCCCCCCCCCC(=O)O)NCCCC[C@H](NCC(=O)[C@@H](N)Cc1cnc[nH]1)C(=O)O. The molecule has 0 unspecified atom stereocenters. The van der Waals surface area contributed by atoms with Crippen LogP contribution in [-0.4, -0.2) is 102 Å². The smallest absolute Gasteiger partial charge is 0.320 e. The number of hydrogen-bond acceptors (Lipinski definition) is 10. The first kappa shape index (κ1) is 48.7. The van der Waals surface area contributed by atoms with E-state index in [9.17, 15) is 24.3 Å². The summed E-state index contributed by atoms with van der Waals surface area (Å²) in [6.45, 7) is 6.55. The molecule has 54 heavy (non-hydrogen) atoms. The number of carboxylic acids is 2. The number of amides is 1. The first-order valence-corrected chi connectivity index (χ1v) is 20.5. The minimum atomic E-state index is -1.00. The van der Waals surface area contributed by atoms with Crippen LogP contribution in [0.3, 0.4) is 0 Å². The summed E-state index contributed by atoms with van der Waals surface area (Å²) < 4.78 is 11.1. The van der Waals surface area contributed by atoms with Gasteiger partial charge in [-0.25, -0.2) is 4.98 Å². The number of aromatic amines is 1. The highest BCUT2D eigenvalue weighted by Crippen LogP contribution is 2.14. The third-order valence-electron chi connectivity index (χ3n) is 9.28. The maximum absolute atomic E-state index is 12.3. The van der Waals surface area contributed by atoms with Crippen molar-refractivity contribution in [3.63, 3.8) is 0 Å². The van der Waals surface area contributed by atoms with E-state index in [1.807, 2.05) is 0 Å². The van der Waals surface area contributed by atoms with Crippen LogP contribution in [0.5, 0.6) is 0 Å². The van der Waals surface area contributed by atoms with E-state index in [-0.39, 0.29) is 18.2 Å². The lowest BCUT2D eigenvalue weighted by Gasteiger charge is -2.16. The Morgan fingerprint density at radius 3 is 1.87 bits per heavy atom. The molecule has 1 aromatic rings. The van der Waals surface area contributed by atoms with Crippen molar-refractivity contribution in [3.8, 4) is 0 Å². The Kier molecular flexibility index (Phi) is 30.8. The van der Waals surface area contributed by atoms with Gasteiger partial charge in [-0.15, -0.1) is 0 Å². The number of nitrogens with one attached hydrogen (secondary N) is 4. The lowest BCUT2D eigenvalue weighted by molar-refractivity contribution is -0.140. The standard InChI is InChI=1S/C40H72N6O8/c1-33(43-23-19-18-20-36(40(51)52)45-30-37(47)35(41)28-34-29-42-32-46-34)31-54-27-26-53-25-24-44-38(48)21-16-14-12-10-8-6-4-2-3-5-7-9-11-13-15-17-22-39(49)50/h29,32,35-36,43,45H,1-28,30-31,41H2,(H,42,46)(H,44,48)(H,49,50)(H,51,52)/t35-,36-/m0/s1. The summed E-state index contributed by atoms with van der Waals surface area (Å²) in [5, 5.41) is 27.1. The van der Waals surface area contributed by atoms with Gasteiger partial charge in [-0.2, -0.15) is 0 Å². The molecule has 2 atom stereocenters. The Labute approximate surface area is 323 Å². The molecule has 8 N–H and O–H groups in total. The summed E-state index contributed by atoms with van der Waals surface area (Å²) in [7, 11) is 0. The molecule has 1 rings (SSSR count). The molecule has 1 aromatic heterocycles. The number of nitrogens with zero attached hydrogens (tertiary/aromatic N) is 1. The fourth-order valence-electron chi connectivity index (χ4n) is 6.01. The highest BCUT2D eigenvalue weighted by Gasteiger charge is 2.20. The molecule has 0 fully saturated rings. The fourth-order valence-corrected chi connectivity index (χ4v) is 6.01. The minimum Gasteiger partial charge on any atom is -0.481 e. The van der Waals surface area contributed by atoms with Crippen LogP contribution in [0.2, 0.25) is 0 Å². The Morgan fingerprint density at radius 2 is 1.31 bits per heavy atom. The molecule has 0 saturated carbocycles. The molecule has 14 nitrogen and oxygen atoms in total. The van der Waals surface area contributed by atoms with Crippen molar-refractivity contribution in [1.82, 2.24) is 25.9 Å². The first-order valence-electron chi connectivity index (χ1n) is 20.5. The molecule has 1 amide bonds. The average Bonchev–Trinajstić information content (AvgIpc) is 3.65. The van der Waals surface area contributed by atoms with Crippen LogP contribution < -0.4 is 21.7 Å². The topological polar surface area (TPSA) is 218 Å². The summed E-state index contributed by atoms with van der Waals surface area (Å²) >= 11 is 0. The number of hydrogen-bond donors (Lipinski definition) is 7. The summed E-state index contributed by atoms with van der Waals surface area (Å²) in [6, 6.07) is -1.57. The van der Waals surface area contributed by atoms with Crippen molar-refractivity contribution in [3.05, 3.63) is 30.5 Å². The number of unbranched alkanes of at least 4 members (excludes halogenated alkanes) is 16. The van der Waals surface area contributed by atoms with Crippen LogP contribution in [0.25, 0.3) is 0 Å². The van der Waals surface area contributed by atoms with E-state index in [2.05, 4.69) is 32.5 Å². The van der Waals surface area contributed by atoms with E-state index in [1.54, 1.807) is 6.20 Å². The largest absolute Gasteiger partial charge is 0.481 e. The monoisotopic (exact) mass is 765 g/mol. The number of rotatable bonds is 40. The predicted molar refractivity (Wildman–Crippen MR) is 211 cm³/mol. The lowest BCUT2D eigenvalue weighted by Crippen LogP contribution is -2.45. The normalized spacial score (nSPS) is 12.3. The third kappa shape index (κ3) is 30.0. The molecule has 0 saturated heterocycles. The molecule has 0 spiro atoms. The van der Waals surface area contributed by atoms with Crippen molar-refractivity contribution in [2.75, 3.05) is 46.1 Å². The number of carbonyl (C=O) groups excluding carboxylic acids is 2. The molecule has 0 aliphatic heterocycles. The first-order chi connectivity index (χ1) is 26.2. The van der Waals surface area contributed by atoms with Crippen LogP contribution in [0, 0.1) is 0 Å². The molecule has 0 bridgehead atoms. The molecular formula is C40H72N6O8. The van der Waals surface area contributed by atoms with Gasteiger partial charge < -0.3 is 41.0 Å². The summed E-state index contributed by atoms with van der Waals surface area (Å²) in [6.07, 6.45) is 25.2. The third-order valence-corrected chi connectivity index (χ3v) is 9.28. The van der Waals surface area contributed by atoms with Crippen molar-refractivity contribution >= 4 is 23.6 Å². The van der Waals surface area contributed by atoms with E-state index >= 15 is 0 Å². The van der Waals surface area contributed by atoms with Crippen LogP contribution in [0.1, 0.15) is 141 Å². The highest BCUT2D eigenvalue weighted by atomic mass is 16.5. The Morgan fingerprint density at radius 1 is 0.741 bits per heavy atom. The second-order valence-electron chi connectivity index (χ2n) is 14.2. The summed E-state index contributed by atoms with van der Waals surface area (Å²) in [4.78, 5) is 53.3. The Hall–Kier alpha value is -3.33. The summed E-state index contributed by atoms with van der Waals surface area (Å²) in [5.74, 6) is -1.87. The van der Waals surface area contributed by atoms with Gasteiger partial charge in [-0.3, -0.25) is 24.5 Å². The van der Waals surface area contributed by atoms with Gasteiger partial charge in [0.25, 0.3) is 0 Å². The average molecular weight is 765 g/mol. The van der Waals surface area contributed by atoms with Crippen molar-refractivity contribution < 1.29 is 38.9 Å². The molecule has 14 heteroatoms. The second-order valence-corrected chi connectivity index (χ2v) is 14.2. The Bertz CT molecular complexity index is 1120. The number of carbonyl (C=O) groups is 4. The van der Waals surface area contributed by atoms with Crippen LogP contribution in [0.4, 0.5) is 0 Å². The lowest BCUT2D eigenvalue weighted by atomic mass is 10.0. The summed E-state index contributed by atoms with van der Waals surface area (Å²) in [5.41, 5.74) is 7.41. The minimum absolute atomic E-state index is 0.0715. The van der Waals surface area contributed by atoms with Gasteiger partial charge in [0.15, 0.2) is 5.78 Å². The number of H-pyrrole nitrogens is 1. The molecule has 0 aliphatic carbocycles. The molecule has 0 aromatic carbocycles. The fraction of sp³-hybridized carbons (Fsp3) is 0.775. The van der Waals surface area contributed by atoms with Crippen LogP contribution in [0.15, 0.2) is 24.8 Å². The van der Waals surface area contributed by atoms with Gasteiger partial charge in [0, 0.05) is 49.9 Å². The van der Waals surface area contributed by atoms with Crippen molar-refractivity contribution in [2.24, 2.45) is 5.73 Å². The predicted octanol–water partition coefficient (Wildman–Crippen LogP) is 5.42. The van der Waals surface area contributed by atoms with Gasteiger partial charge in [-0.05, 0) is 32.1 Å². The van der Waals surface area contributed by atoms with E-state index in [4.69, 9.17) is 20.3 Å². The molecule has 0 radical (unpaired) electrons. The number of aliphatic carboxylic acids is 2. The molecule has 310 valence electrons. The molecular weight excluding hydrogens is 692 g/mol. The second kappa shape index (κ2) is 34.2. The van der Waals surface area contributed by atoms with E-state index in [0.29, 0.717) is 71.6 Å². The van der Waals surface area contributed by atoms with Gasteiger partial charge in [-0.1, -0.05) is 96.5 Å². The zero-order valence-electron chi connectivity index (χ0n) is 32.9. The zero-order chi connectivity index (χ0) is 39.5. The maximum atomic E-state index is 12.3. The van der Waals surface area contributed by atoms with Crippen molar-refractivity contribution in [2.45, 2.75) is 153 Å². The number of Topliss-reactive ketones (excluding diaryl/α,β-unsaturated/α-hetero) is 1. The highest BCUT2D eigenvalue weighted by molar-refractivity contribution is 5.86. The number of aromatic nitrogens is 2. The van der Waals surface area contributed by atoms with Gasteiger partial charge in [0.1, 0.15) is 6.04 Å². The number of ether oxygens (including phenoxy) is 2.